The predicted octanol–water partition coefficient (Wildman–Crippen LogP) is 7.11. The Kier molecular flexibility index (Phi) is 13.9. The number of carboxylic acids is 3. The molecule has 0 atom stereocenters. The molecule has 13 nitrogen and oxygen atoms in total. The third kappa shape index (κ3) is 10.6. The van der Waals surface area contributed by atoms with Crippen LogP contribution >= 0.6 is 23.6 Å². The summed E-state index contributed by atoms with van der Waals surface area (Å²) in [6.45, 7) is 2.00. The van der Waals surface area contributed by atoms with E-state index in [4.69, 9.17) is 15.6 Å². The second kappa shape index (κ2) is 17.9. The molecule has 0 aliphatic rings. The average molecular weight is 833 g/mol. The van der Waals surface area contributed by atoms with Gasteiger partial charge in [-0.3, -0.25) is 15.0 Å². The normalized spacial score (nSPS) is 10.3. The van der Waals surface area contributed by atoms with Gasteiger partial charge in [0.1, 0.15) is 5.69 Å². The van der Waals surface area contributed by atoms with Gasteiger partial charge in [0.15, 0.2) is 0 Å². The van der Waals surface area contributed by atoms with Crippen LogP contribution in [0.15, 0.2) is 84.6 Å². The Morgan fingerprint density at radius 1 is 0.788 bits per heavy atom. The van der Waals surface area contributed by atoms with Gasteiger partial charge in [-0.15, -0.1) is 11.3 Å². The molecule has 0 unspecified atom stereocenters. The van der Waals surface area contributed by atoms with E-state index >= 15 is 0 Å². The molecule has 264 valence electrons. The van der Waals surface area contributed by atoms with Crippen molar-refractivity contribution in [1.29, 1.82) is 0 Å². The molecule has 6 aromatic rings. The number of rotatable bonds is 7. The molecule has 6 rings (SSSR count). The molecule has 0 saturated carbocycles. The number of isothiocyanates is 1. The summed E-state index contributed by atoms with van der Waals surface area (Å²) in [5.41, 5.74) is 1.95. The number of carbonyl (C=O) groups is 3. The summed E-state index contributed by atoms with van der Waals surface area (Å²) in [5, 5.41) is 44.7. The SMILES string of the molecule is Cc1csc(-c2ccc(-c3cc(C(F)(F)F)n[n-]3)nc2)c1.O=C(O)c1ccnc(-c2cc(C(=O)O)cc(-c3cc(C(=O)O)ccn3)n2)c1.[N-]=C=S.[Ru+2]. The molecule has 52 heavy (non-hydrogen) atoms. The van der Waals surface area contributed by atoms with Crippen molar-refractivity contribution >= 4 is 46.6 Å². The minimum Gasteiger partial charge on any atom is -0.753 e. The molecule has 0 amide bonds. The van der Waals surface area contributed by atoms with Gasteiger partial charge in [0, 0.05) is 34.7 Å². The Morgan fingerprint density at radius 3 is 1.71 bits per heavy atom. The van der Waals surface area contributed by atoms with Crippen LogP contribution < -0.4 is 5.10 Å². The Morgan fingerprint density at radius 2 is 1.31 bits per heavy atom. The standard InChI is InChI=1S/C18H11N3O6.C14H9F3N3S.CNS.Ru/c22-16(23)9-1-3-19-12(5-9)14-7-11(18(26)27)8-15(21-14)13-6-10(17(24)25)2-4-20-13;1-8-4-12(21-7-8)9-2-3-10(18-6-9)11-5-13(20-19-11)14(15,16)17;2-1-3;/h1-8H,(H,22,23)(H,24,25)(H,26,27);2-7H,1H3;;/q;2*-1;+2. The number of aromatic carboxylic acids is 3. The third-order valence-electron chi connectivity index (χ3n) is 6.48. The van der Waals surface area contributed by atoms with Crippen LogP contribution in [0, 0.1) is 6.92 Å². The maximum Gasteiger partial charge on any atom is 2.00 e. The fraction of sp³-hybridized carbons (Fsp3) is 0.0606. The topological polar surface area (TPSA) is 213 Å². The van der Waals surface area contributed by atoms with Crippen LogP contribution in [0.2, 0.25) is 0 Å². The van der Waals surface area contributed by atoms with E-state index in [9.17, 15) is 32.7 Å². The van der Waals surface area contributed by atoms with Gasteiger partial charge in [-0.1, -0.05) is 17.9 Å². The van der Waals surface area contributed by atoms with Crippen LogP contribution in [-0.4, -0.2) is 63.4 Å². The van der Waals surface area contributed by atoms with Crippen molar-refractivity contribution in [2.45, 2.75) is 13.1 Å². The van der Waals surface area contributed by atoms with Gasteiger partial charge < -0.3 is 30.9 Å². The number of alkyl halides is 3. The van der Waals surface area contributed by atoms with E-state index in [-0.39, 0.29) is 64.6 Å². The monoisotopic (exact) mass is 833 g/mol. The van der Waals surface area contributed by atoms with Gasteiger partial charge in [-0.05, 0) is 78.5 Å². The predicted molar refractivity (Wildman–Crippen MR) is 181 cm³/mol. The van der Waals surface area contributed by atoms with Crippen LogP contribution in [0.4, 0.5) is 13.2 Å². The summed E-state index contributed by atoms with van der Waals surface area (Å²) in [6, 6.07) is 14.0. The first kappa shape index (κ1) is 40.6. The second-order valence-corrected chi connectivity index (χ2v) is 11.1. The molecule has 6 heterocycles. The van der Waals surface area contributed by atoms with E-state index in [1.807, 2.05) is 24.4 Å². The molecule has 0 fully saturated rings. The third-order valence-corrected chi connectivity index (χ3v) is 7.58. The number of thiocarbonyl (C=S) groups is 1. The first-order chi connectivity index (χ1) is 24.2. The maximum atomic E-state index is 12.5. The summed E-state index contributed by atoms with van der Waals surface area (Å²) in [5.74, 6) is -3.56. The number of hydrogen-bond acceptors (Lipinski definition) is 10. The molecular weight excluding hydrogens is 813 g/mol. The minimum atomic E-state index is -4.49. The van der Waals surface area contributed by atoms with E-state index < -0.39 is 29.8 Å². The van der Waals surface area contributed by atoms with Gasteiger partial charge in [0.25, 0.3) is 0 Å². The van der Waals surface area contributed by atoms with Crippen LogP contribution in [-0.2, 0) is 25.7 Å². The number of nitrogens with zero attached hydrogens (tertiary/aromatic N) is 7. The molecule has 0 saturated heterocycles. The van der Waals surface area contributed by atoms with Crippen molar-refractivity contribution in [2.75, 3.05) is 0 Å². The van der Waals surface area contributed by atoms with E-state index in [2.05, 4.69) is 42.4 Å². The minimum absolute atomic E-state index is 0. The Labute approximate surface area is 313 Å². The van der Waals surface area contributed by atoms with Crippen LogP contribution in [0.25, 0.3) is 50.0 Å². The zero-order valence-corrected chi connectivity index (χ0v) is 29.5. The summed E-state index contributed by atoms with van der Waals surface area (Å²) in [7, 11) is 0. The van der Waals surface area contributed by atoms with Gasteiger partial charge in [0.05, 0.1) is 39.5 Å². The largest absolute Gasteiger partial charge is 2.00 e. The van der Waals surface area contributed by atoms with Crippen LogP contribution in [0.1, 0.15) is 42.3 Å². The van der Waals surface area contributed by atoms with E-state index in [0.29, 0.717) is 5.69 Å². The number of hydrogen-bond donors (Lipinski definition) is 3. The molecular formula is C33H20F3N7O6RuS2. The summed E-state index contributed by atoms with van der Waals surface area (Å²) < 4.78 is 37.4. The van der Waals surface area contributed by atoms with Crippen molar-refractivity contribution in [3.05, 3.63) is 118 Å². The Balaban J connectivity index is 0.000000262. The Hall–Kier alpha value is -5.87. The number of pyridine rings is 4. The van der Waals surface area contributed by atoms with Gasteiger partial charge >= 0.3 is 43.6 Å². The van der Waals surface area contributed by atoms with E-state index in [1.165, 1.54) is 54.0 Å². The fourth-order valence-electron chi connectivity index (χ4n) is 4.16. The first-order valence-corrected chi connectivity index (χ1v) is 15.2. The average Bonchev–Trinajstić information content (AvgIpc) is 3.79. The molecule has 19 heteroatoms. The molecule has 0 spiro atoms. The second-order valence-electron chi connectivity index (χ2n) is 10.0. The molecule has 3 N–H and O–H groups in total. The molecule has 0 radical (unpaired) electrons. The van der Waals surface area contributed by atoms with Crippen molar-refractivity contribution < 1.29 is 62.4 Å². The molecule has 0 aliphatic heterocycles. The fourth-order valence-corrected chi connectivity index (χ4v) is 5.05. The number of halogens is 3. The van der Waals surface area contributed by atoms with E-state index in [1.54, 1.807) is 23.6 Å². The van der Waals surface area contributed by atoms with E-state index in [0.717, 1.165) is 22.1 Å². The van der Waals surface area contributed by atoms with Gasteiger partial charge in [0.2, 0.25) is 0 Å². The molecule has 0 aliphatic carbocycles. The van der Waals surface area contributed by atoms with Crippen LogP contribution in [0.3, 0.4) is 0 Å². The number of aryl methyl sites for hydroxylation is 1. The van der Waals surface area contributed by atoms with Crippen LogP contribution in [0.5, 0.6) is 0 Å². The molecule has 0 aromatic carbocycles. The summed E-state index contributed by atoms with van der Waals surface area (Å²) >= 11 is 5.29. The quantitative estimate of drug-likeness (QED) is 0.0832. The van der Waals surface area contributed by atoms with Gasteiger partial charge in [-0.25, -0.2) is 19.4 Å². The zero-order valence-electron chi connectivity index (χ0n) is 26.1. The van der Waals surface area contributed by atoms with Gasteiger partial charge in [-0.2, -0.15) is 18.3 Å². The maximum absolute atomic E-state index is 12.5. The number of thiophene rings is 1. The van der Waals surface area contributed by atoms with Crippen molar-refractivity contribution in [1.82, 2.24) is 30.1 Å². The number of aromatic nitrogens is 6. The molecule has 6 aromatic heterocycles. The zero-order chi connectivity index (χ0) is 37.3. The molecule has 0 bridgehead atoms. The van der Waals surface area contributed by atoms with Crippen molar-refractivity contribution in [3.8, 4) is 44.6 Å². The first-order valence-electron chi connectivity index (χ1n) is 14.0. The Bertz CT molecular complexity index is 2180. The van der Waals surface area contributed by atoms with Crippen molar-refractivity contribution in [2.24, 2.45) is 0 Å². The summed E-state index contributed by atoms with van der Waals surface area (Å²) in [4.78, 5) is 51.3. The van der Waals surface area contributed by atoms with Crippen molar-refractivity contribution in [3.63, 3.8) is 0 Å². The summed E-state index contributed by atoms with van der Waals surface area (Å²) in [6.07, 6.45) is -0.310. The number of carboxylic acid groups (broad SMARTS) is 3. The smallest absolute Gasteiger partial charge is 0.753 e.